The van der Waals surface area contributed by atoms with Crippen LogP contribution in [0.3, 0.4) is 0 Å². The van der Waals surface area contributed by atoms with E-state index in [1.807, 2.05) is 6.08 Å². The Kier molecular flexibility index (Phi) is 13.9. The predicted molar refractivity (Wildman–Crippen MR) is 98.5 cm³/mol. The minimum atomic E-state index is -0.968. The highest BCUT2D eigenvalue weighted by molar-refractivity contribution is 5.64. The first kappa shape index (κ1) is 23.1. The van der Waals surface area contributed by atoms with E-state index in [-0.39, 0.29) is 12.5 Å². The molecule has 0 radical (unpaired) electrons. The van der Waals surface area contributed by atoms with Crippen LogP contribution in [0.1, 0.15) is 78.1 Å². The number of hydrogen-bond acceptors (Lipinski definition) is 3. The zero-order valence-corrected chi connectivity index (χ0v) is 16.0. The molecule has 0 spiro atoms. The van der Waals surface area contributed by atoms with Gasteiger partial charge in [-0.2, -0.15) is 0 Å². The number of unbranched alkanes of at least 4 members (excludes halogenated alkanes) is 4. The zero-order chi connectivity index (χ0) is 18.3. The van der Waals surface area contributed by atoms with Gasteiger partial charge in [-0.1, -0.05) is 39.2 Å². The summed E-state index contributed by atoms with van der Waals surface area (Å²) >= 11 is 0. The number of aliphatic carboxylic acids is 1. The summed E-state index contributed by atoms with van der Waals surface area (Å²) in [5.41, 5.74) is 0. The van der Waals surface area contributed by atoms with E-state index < -0.39 is 5.97 Å². The van der Waals surface area contributed by atoms with Crippen LogP contribution in [0, 0.1) is 0 Å². The molecule has 0 fully saturated rings. The summed E-state index contributed by atoms with van der Waals surface area (Å²) in [5, 5.41) is 21.3. The van der Waals surface area contributed by atoms with Gasteiger partial charge < -0.3 is 19.5 Å². The molecule has 24 heavy (non-hydrogen) atoms. The fourth-order valence-corrected chi connectivity index (χ4v) is 3.36. The maximum atomic E-state index is 10.8. The first-order valence-corrected chi connectivity index (χ1v) is 9.83. The number of aliphatic hydroxyl groups is 1. The molecule has 0 aliphatic heterocycles. The summed E-state index contributed by atoms with van der Waals surface area (Å²) in [7, 11) is 0. The summed E-state index contributed by atoms with van der Waals surface area (Å²) in [5.74, 6) is -0.968. The van der Waals surface area contributed by atoms with Crippen molar-refractivity contribution in [3.63, 3.8) is 0 Å². The van der Waals surface area contributed by atoms with Gasteiger partial charge in [-0.3, -0.25) is 0 Å². The Bertz CT molecular complexity index is 323. The van der Waals surface area contributed by atoms with Crippen LogP contribution >= 0.6 is 0 Å². The minimum absolute atomic E-state index is 0.119. The van der Waals surface area contributed by atoms with Gasteiger partial charge in [0.1, 0.15) is 12.6 Å². The maximum absolute atomic E-state index is 10.8. The second-order valence-electron chi connectivity index (χ2n) is 7.10. The van der Waals surface area contributed by atoms with Crippen LogP contribution in [0.15, 0.2) is 12.7 Å². The largest absolute Gasteiger partial charge is 0.550 e. The summed E-state index contributed by atoms with van der Waals surface area (Å²) in [4.78, 5) is 10.8. The third-order valence-electron chi connectivity index (χ3n) is 4.78. The summed E-state index contributed by atoms with van der Waals surface area (Å²) in [6.45, 7) is 11.7. The average molecular weight is 342 g/mol. The van der Waals surface area contributed by atoms with Crippen molar-refractivity contribution in [2.75, 3.05) is 26.2 Å². The Balaban J connectivity index is 4.73. The van der Waals surface area contributed by atoms with E-state index in [2.05, 4.69) is 20.4 Å². The summed E-state index contributed by atoms with van der Waals surface area (Å²) in [6.07, 6.45) is 10.8. The van der Waals surface area contributed by atoms with Crippen LogP contribution in [-0.2, 0) is 4.79 Å². The van der Waals surface area contributed by atoms with Crippen molar-refractivity contribution >= 4 is 5.97 Å². The molecule has 0 bridgehead atoms. The van der Waals surface area contributed by atoms with Crippen LogP contribution in [0.25, 0.3) is 0 Å². The Morgan fingerprint density at radius 2 is 1.67 bits per heavy atom. The molecule has 0 amide bonds. The molecule has 0 saturated heterocycles. The summed E-state index contributed by atoms with van der Waals surface area (Å²) in [6, 6.07) is 0. The van der Waals surface area contributed by atoms with Crippen molar-refractivity contribution < 1.29 is 19.5 Å². The molecule has 4 nitrogen and oxygen atoms in total. The maximum Gasteiger partial charge on any atom is 0.105 e. The highest BCUT2D eigenvalue weighted by Gasteiger charge is 2.29. The van der Waals surface area contributed by atoms with Gasteiger partial charge in [-0.15, -0.1) is 6.58 Å². The van der Waals surface area contributed by atoms with E-state index >= 15 is 0 Å². The lowest BCUT2D eigenvalue weighted by atomic mass is 10.1. The number of carbonyl (C=O) groups excluding carboxylic acids is 1. The highest BCUT2D eigenvalue weighted by atomic mass is 16.4. The van der Waals surface area contributed by atoms with Gasteiger partial charge in [0.05, 0.1) is 19.6 Å². The number of carboxylic acid groups (broad SMARTS) is 1. The molecule has 0 aliphatic rings. The van der Waals surface area contributed by atoms with E-state index in [9.17, 15) is 15.0 Å². The van der Waals surface area contributed by atoms with Gasteiger partial charge in [-0.05, 0) is 38.5 Å². The smallest absolute Gasteiger partial charge is 0.105 e. The van der Waals surface area contributed by atoms with E-state index in [1.54, 1.807) is 0 Å². The third kappa shape index (κ3) is 11.6. The van der Waals surface area contributed by atoms with Gasteiger partial charge in [0.25, 0.3) is 0 Å². The van der Waals surface area contributed by atoms with Gasteiger partial charge in [0.15, 0.2) is 0 Å². The summed E-state index contributed by atoms with van der Waals surface area (Å²) < 4.78 is 0.859. The quantitative estimate of drug-likeness (QED) is 0.251. The number of quaternary nitrogens is 1. The molecule has 0 rings (SSSR count). The molecule has 1 unspecified atom stereocenters. The van der Waals surface area contributed by atoms with E-state index in [0.29, 0.717) is 6.42 Å². The molecule has 0 saturated carbocycles. The fourth-order valence-electron chi connectivity index (χ4n) is 3.36. The molecule has 1 N–H and O–H groups in total. The zero-order valence-electron chi connectivity index (χ0n) is 16.0. The molecule has 0 heterocycles. The lowest BCUT2D eigenvalue weighted by molar-refractivity contribution is -0.931. The molecule has 0 aromatic heterocycles. The fraction of sp³-hybridized carbons (Fsp3) is 0.850. The Hall–Kier alpha value is -0.870. The van der Waals surface area contributed by atoms with Crippen molar-refractivity contribution in [1.29, 1.82) is 0 Å². The van der Waals surface area contributed by atoms with E-state index in [4.69, 9.17) is 0 Å². The van der Waals surface area contributed by atoms with Crippen LogP contribution < -0.4 is 5.11 Å². The standard InChI is InChI=1S/C20H39NO3/c1-4-7-10-11-13-19(22)18-21(15-8-5-2,16-9-6-3)17-12-14-20(23)24/h4,19,22H,1,5-18H2,2-3H3. The topological polar surface area (TPSA) is 60.4 Å². The van der Waals surface area contributed by atoms with Crippen LogP contribution in [0.5, 0.6) is 0 Å². The molecular formula is C20H39NO3. The Morgan fingerprint density at radius 1 is 1.08 bits per heavy atom. The van der Waals surface area contributed by atoms with Crippen molar-refractivity contribution in [3.8, 4) is 0 Å². The van der Waals surface area contributed by atoms with Gasteiger partial charge in [0, 0.05) is 12.4 Å². The number of rotatable bonds is 17. The van der Waals surface area contributed by atoms with Crippen molar-refractivity contribution in [2.45, 2.75) is 84.2 Å². The number of carbonyl (C=O) groups is 1. The Morgan fingerprint density at radius 3 is 2.17 bits per heavy atom. The number of aliphatic hydroxyl groups excluding tert-OH is 1. The Labute approximate surface area is 149 Å². The number of carboxylic acids is 1. The van der Waals surface area contributed by atoms with Crippen LogP contribution in [0.2, 0.25) is 0 Å². The van der Waals surface area contributed by atoms with Gasteiger partial charge in [-0.25, -0.2) is 0 Å². The third-order valence-corrected chi connectivity index (χ3v) is 4.78. The monoisotopic (exact) mass is 341 g/mol. The SMILES string of the molecule is C=CCCCCC(O)C[N+](CCCC)(CCCC)CCCC(=O)[O-]. The number of allylic oxidation sites excluding steroid dienone is 1. The normalized spacial score (nSPS) is 13.0. The first-order chi connectivity index (χ1) is 11.5. The van der Waals surface area contributed by atoms with Gasteiger partial charge in [0.2, 0.25) is 0 Å². The molecule has 0 aliphatic carbocycles. The van der Waals surface area contributed by atoms with Crippen LogP contribution in [0.4, 0.5) is 0 Å². The lowest BCUT2D eigenvalue weighted by Crippen LogP contribution is -2.54. The van der Waals surface area contributed by atoms with Crippen molar-refractivity contribution in [2.24, 2.45) is 0 Å². The molecule has 142 valence electrons. The molecule has 0 aromatic carbocycles. The van der Waals surface area contributed by atoms with E-state index in [1.165, 1.54) is 0 Å². The number of hydrogen-bond donors (Lipinski definition) is 1. The van der Waals surface area contributed by atoms with Crippen molar-refractivity contribution in [1.82, 2.24) is 0 Å². The minimum Gasteiger partial charge on any atom is -0.550 e. The highest BCUT2D eigenvalue weighted by Crippen LogP contribution is 2.18. The van der Waals surface area contributed by atoms with Crippen LogP contribution in [-0.4, -0.2) is 47.8 Å². The van der Waals surface area contributed by atoms with E-state index in [0.717, 1.165) is 82.0 Å². The molecule has 0 aromatic rings. The molecule has 4 heteroatoms. The second kappa shape index (κ2) is 14.5. The number of nitrogens with zero attached hydrogens (tertiary/aromatic N) is 1. The lowest BCUT2D eigenvalue weighted by Gasteiger charge is -2.40. The second-order valence-corrected chi connectivity index (χ2v) is 7.10. The molecule has 1 atom stereocenters. The molecular weight excluding hydrogens is 302 g/mol. The average Bonchev–Trinajstić information content (AvgIpc) is 2.54. The predicted octanol–water partition coefficient (Wildman–Crippen LogP) is 3.04. The van der Waals surface area contributed by atoms with Crippen molar-refractivity contribution in [3.05, 3.63) is 12.7 Å². The van der Waals surface area contributed by atoms with Gasteiger partial charge >= 0.3 is 0 Å². The first-order valence-electron chi connectivity index (χ1n) is 9.83.